The van der Waals surface area contributed by atoms with Crippen molar-refractivity contribution in [1.82, 2.24) is 0 Å². The molecular formula is C22H32O2S. The monoisotopic (exact) mass is 360 g/mol. The molecule has 0 N–H and O–H groups in total. The number of carbonyl (C=O) groups excluding carboxylic acids is 1. The zero-order chi connectivity index (χ0) is 18.1. The summed E-state index contributed by atoms with van der Waals surface area (Å²) in [5, 5.41) is 0.707. The van der Waals surface area contributed by atoms with Crippen molar-refractivity contribution in [3.05, 3.63) is 35.9 Å². The van der Waals surface area contributed by atoms with Crippen molar-refractivity contribution < 1.29 is 9.53 Å². The number of rotatable bonds is 6. The van der Waals surface area contributed by atoms with Crippen LogP contribution in [0, 0.1) is 22.7 Å². The van der Waals surface area contributed by atoms with Crippen molar-refractivity contribution in [2.75, 3.05) is 5.75 Å². The van der Waals surface area contributed by atoms with Crippen LogP contribution in [0.2, 0.25) is 0 Å². The molecule has 2 nitrogen and oxygen atoms in total. The molecule has 2 fully saturated rings. The Morgan fingerprint density at radius 2 is 2.00 bits per heavy atom. The molecule has 5 atom stereocenters. The largest absolute Gasteiger partial charge is 0.461 e. The fraction of sp³-hybridized carbons (Fsp3) is 0.682. The summed E-state index contributed by atoms with van der Waals surface area (Å²) < 4.78 is 5.74. The number of ether oxygens (including phenoxy) is 1. The van der Waals surface area contributed by atoms with E-state index in [-0.39, 0.29) is 22.7 Å². The summed E-state index contributed by atoms with van der Waals surface area (Å²) in [6.45, 7) is 9.64. The first kappa shape index (κ1) is 18.8. The predicted octanol–water partition coefficient (Wildman–Crippen LogP) is 5.70. The van der Waals surface area contributed by atoms with Crippen molar-refractivity contribution in [3.8, 4) is 0 Å². The maximum Gasteiger partial charge on any atom is 0.310 e. The first-order chi connectivity index (χ1) is 12.0. The molecule has 2 saturated carbocycles. The number of carbonyl (C=O) groups is 1. The number of thioether (sulfide) groups is 1. The van der Waals surface area contributed by atoms with Crippen molar-refractivity contribution in [3.63, 3.8) is 0 Å². The number of hydrogen-bond donors (Lipinski definition) is 0. The lowest BCUT2D eigenvalue weighted by Gasteiger charge is -2.46. The summed E-state index contributed by atoms with van der Waals surface area (Å²) >= 11 is 2.08. The molecule has 3 heteroatoms. The highest BCUT2D eigenvalue weighted by Crippen LogP contribution is 2.75. The number of esters is 1. The Hall–Kier alpha value is -0.960. The van der Waals surface area contributed by atoms with E-state index in [4.69, 9.17) is 4.74 Å². The van der Waals surface area contributed by atoms with Crippen LogP contribution in [0.5, 0.6) is 0 Å². The summed E-state index contributed by atoms with van der Waals surface area (Å²) in [7, 11) is 0. The predicted molar refractivity (Wildman–Crippen MR) is 105 cm³/mol. The van der Waals surface area contributed by atoms with Gasteiger partial charge >= 0.3 is 5.97 Å². The molecule has 0 bridgehead atoms. The molecule has 1 spiro atoms. The Morgan fingerprint density at radius 1 is 1.28 bits per heavy atom. The summed E-state index contributed by atoms with van der Waals surface area (Å²) in [4.78, 5) is 12.9. The van der Waals surface area contributed by atoms with Crippen LogP contribution in [0.3, 0.4) is 0 Å². The van der Waals surface area contributed by atoms with E-state index in [0.29, 0.717) is 17.8 Å². The quantitative estimate of drug-likeness (QED) is 0.608. The zero-order valence-corrected chi connectivity index (χ0v) is 16.9. The average Bonchev–Trinajstić information content (AvgIpc) is 3.22. The van der Waals surface area contributed by atoms with Crippen LogP contribution in [0.1, 0.15) is 58.9 Å². The second kappa shape index (κ2) is 7.34. The third-order valence-corrected chi connectivity index (χ3v) is 8.33. The maximum absolute atomic E-state index is 12.9. The highest BCUT2D eigenvalue weighted by atomic mass is 32.2. The Bertz CT molecular complexity index is 601. The normalized spacial score (nSPS) is 37.0. The van der Waals surface area contributed by atoms with Gasteiger partial charge in [0.05, 0.1) is 5.92 Å². The lowest BCUT2D eigenvalue weighted by atomic mass is 9.61. The average molecular weight is 361 g/mol. The second-order valence-electron chi connectivity index (χ2n) is 8.13. The van der Waals surface area contributed by atoms with Gasteiger partial charge in [0, 0.05) is 5.25 Å². The van der Waals surface area contributed by atoms with Crippen LogP contribution in [0.15, 0.2) is 30.3 Å². The fourth-order valence-corrected chi connectivity index (χ4v) is 6.57. The van der Waals surface area contributed by atoms with Gasteiger partial charge in [-0.1, -0.05) is 64.4 Å². The van der Waals surface area contributed by atoms with Crippen molar-refractivity contribution in [2.45, 2.75) is 65.2 Å². The molecule has 0 radical (unpaired) electrons. The molecule has 2 aliphatic rings. The lowest BCUT2D eigenvalue weighted by Crippen LogP contribution is -2.40. The minimum absolute atomic E-state index is 0.0261. The van der Waals surface area contributed by atoms with Crippen LogP contribution in [0.4, 0.5) is 0 Å². The molecule has 1 aromatic carbocycles. The zero-order valence-electron chi connectivity index (χ0n) is 16.1. The summed E-state index contributed by atoms with van der Waals surface area (Å²) in [6, 6.07) is 10.0. The van der Waals surface area contributed by atoms with E-state index >= 15 is 0 Å². The van der Waals surface area contributed by atoms with Gasteiger partial charge in [-0.3, -0.25) is 4.79 Å². The van der Waals surface area contributed by atoms with Crippen LogP contribution in [-0.2, 0) is 16.1 Å². The molecule has 0 aromatic heterocycles. The Kier molecular flexibility index (Phi) is 5.53. The molecule has 0 heterocycles. The minimum Gasteiger partial charge on any atom is -0.461 e. The van der Waals surface area contributed by atoms with Gasteiger partial charge < -0.3 is 4.74 Å². The van der Waals surface area contributed by atoms with Gasteiger partial charge in [-0.25, -0.2) is 0 Å². The molecule has 138 valence electrons. The Labute approximate surface area is 157 Å². The highest BCUT2D eigenvalue weighted by molar-refractivity contribution is 7.99. The first-order valence-electron chi connectivity index (χ1n) is 9.80. The fourth-order valence-electron chi connectivity index (χ4n) is 5.42. The van der Waals surface area contributed by atoms with Crippen molar-refractivity contribution in [1.29, 1.82) is 0 Å². The van der Waals surface area contributed by atoms with Crippen molar-refractivity contribution in [2.24, 2.45) is 22.7 Å². The molecule has 25 heavy (non-hydrogen) atoms. The topological polar surface area (TPSA) is 26.3 Å². The number of hydrogen-bond acceptors (Lipinski definition) is 3. The van der Waals surface area contributed by atoms with Gasteiger partial charge in [-0.05, 0) is 47.3 Å². The highest BCUT2D eigenvalue weighted by Gasteiger charge is 2.73. The Balaban J connectivity index is 1.72. The van der Waals surface area contributed by atoms with E-state index in [1.165, 1.54) is 25.0 Å². The maximum atomic E-state index is 12.9. The molecule has 0 saturated heterocycles. The van der Waals surface area contributed by atoms with Crippen LogP contribution in [0.25, 0.3) is 0 Å². The summed E-state index contributed by atoms with van der Waals surface area (Å²) in [6.07, 6.45) is 4.88. The third kappa shape index (κ3) is 3.25. The summed E-state index contributed by atoms with van der Waals surface area (Å²) in [5.41, 5.74) is 1.49. The third-order valence-electron chi connectivity index (χ3n) is 7.13. The van der Waals surface area contributed by atoms with Crippen molar-refractivity contribution >= 4 is 17.7 Å². The standard InChI is InChI=1S/C22H32O2S/c1-5-21(4)13-12-18(25-6-2)14-22(21)16(3)19(22)20(23)24-15-17-10-8-7-9-11-17/h7-11,16,18-19H,5-6,12-15H2,1-4H3/t16?,18?,19?,21-,22?/m0/s1. The van der Waals surface area contributed by atoms with E-state index in [0.717, 1.165) is 12.0 Å². The Morgan fingerprint density at radius 3 is 2.64 bits per heavy atom. The molecule has 3 rings (SSSR count). The molecule has 1 aromatic rings. The number of benzene rings is 1. The van der Waals surface area contributed by atoms with Crippen LogP contribution in [-0.4, -0.2) is 17.0 Å². The second-order valence-corrected chi connectivity index (χ2v) is 9.71. The van der Waals surface area contributed by atoms with E-state index in [1.807, 2.05) is 30.3 Å². The summed E-state index contributed by atoms with van der Waals surface area (Å²) in [5.74, 6) is 1.72. The molecule has 0 amide bonds. The lowest BCUT2D eigenvalue weighted by molar-refractivity contribution is -0.149. The van der Waals surface area contributed by atoms with Gasteiger partial charge in [0.2, 0.25) is 0 Å². The molecular weight excluding hydrogens is 328 g/mol. The van der Waals surface area contributed by atoms with E-state index in [2.05, 4.69) is 39.5 Å². The van der Waals surface area contributed by atoms with Gasteiger partial charge in [-0.2, -0.15) is 11.8 Å². The molecule has 2 aliphatic carbocycles. The van der Waals surface area contributed by atoms with Gasteiger partial charge in [0.25, 0.3) is 0 Å². The molecule has 0 aliphatic heterocycles. The van der Waals surface area contributed by atoms with Gasteiger partial charge in [0.15, 0.2) is 0 Å². The van der Waals surface area contributed by atoms with Gasteiger partial charge in [0.1, 0.15) is 6.61 Å². The first-order valence-corrected chi connectivity index (χ1v) is 10.9. The van der Waals surface area contributed by atoms with Crippen LogP contribution < -0.4 is 0 Å². The van der Waals surface area contributed by atoms with E-state index in [1.54, 1.807) is 0 Å². The van der Waals surface area contributed by atoms with E-state index < -0.39 is 0 Å². The molecule has 4 unspecified atom stereocenters. The smallest absolute Gasteiger partial charge is 0.310 e. The van der Waals surface area contributed by atoms with Gasteiger partial charge in [-0.15, -0.1) is 0 Å². The van der Waals surface area contributed by atoms with Crippen LogP contribution >= 0.6 is 11.8 Å². The minimum atomic E-state index is 0.0261. The SMILES string of the molecule is CCSC1CC[C@](C)(CC)C2(C1)C(C)C2C(=O)OCc1ccccc1. The van der Waals surface area contributed by atoms with E-state index in [9.17, 15) is 4.79 Å².